The van der Waals surface area contributed by atoms with E-state index >= 15 is 0 Å². The van der Waals surface area contributed by atoms with E-state index in [-0.39, 0.29) is 6.61 Å². The molecule has 1 nitrogen and oxygen atoms in total. The van der Waals surface area contributed by atoms with E-state index in [1.54, 1.807) is 6.07 Å². The Morgan fingerprint density at radius 3 is 2.38 bits per heavy atom. The van der Waals surface area contributed by atoms with Crippen molar-refractivity contribution in [2.24, 2.45) is 0 Å². The molecule has 76 valence electrons. The second-order valence-electron chi connectivity index (χ2n) is 2.08. The van der Waals surface area contributed by atoms with E-state index in [0.29, 0.717) is 0 Å². The minimum absolute atomic E-state index is 0.0101. The van der Waals surface area contributed by atoms with Gasteiger partial charge in [0.15, 0.2) is 0 Å². The summed E-state index contributed by atoms with van der Waals surface area (Å²) in [5.41, 5.74) is 0. The summed E-state index contributed by atoms with van der Waals surface area (Å²) in [6.07, 6.45) is 0. The van der Waals surface area contributed by atoms with Crippen LogP contribution in [0.4, 0.5) is 8.78 Å². The Kier molecular flexibility index (Phi) is 6.72. The van der Waals surface area contributed by atoms with Gasteiger partial charge >= 0.3 is 6.61 Å². The summed E-state index contributed by atoms with van der Waals surface area (Å²) in [5.74, 6) is 0. The fourth-order valence-electron chi connectivity index (χ4n) is 0.708. The molecule has 0 aliphatic rings. The Morgan fingerprint density at radius 1 is 1.38 bits per heavy atom. The van der Waals surface area contributed by atoms with Gasteiger partial charge in [0.25, 0.3) is 0 Å². The normalized spacial score (nSPS) is 9.69. The van der Waals surface area contributed by atoms with Gasteiger partial charge in [-0.2, -0.15) is 8.78 Å². The molecule has 1 aromatic heterocycles. The molecular weight excluding hydrogens is 194 g/mol. The van der Waals surface area contributed by atoms with Gasteiger partial charge in [0.05, 0.1) is 6.61 Å². The minimum atomic E-state index is -2.67. The minimum Gasteiger partial charge on any atom is -0.317 e. The molecule has 0 aromatic carbocycles. The van der Waals surface area contributed by atoms with Crippen LogP contribution in [0.15, 0.2) is 12.1 Å². The van der Waals surface area contributed by atoms with Crippen LogP contribution in [0.1, 0.15) is 23.6 Å². The highest BCUT2D eigenvalue weighted by molar-refractivity contribution is 7.11. The molecule has 0 radical (unpaired) electrons. The smallest absolute Gasteiger partial charge is 0.317 e. The molecule has 1 heterocycles. The van der Waals surface area contributed by atoms with Gasteiger partial charge in [-0.25, -0.2) is 0 Å². The summed E-state index contributed by atoms with van der Waals surface area (Å²) in [5, 5.41) is 0. The first-order chi connectivity index (χ1) is 6.18. The molecule has 13 heavy (non-hydrogen) atoms. The third kappa shape index (κ3) is 5.71. The predicted molar refractivity (Wildman–Crippen MR) is 51.2 cm³/mol. The summed E-state index contributed by atoms with van der Waals surface area (Å²) in [7, 11) is 0. The lowest BCUT2D eigenvalue weighted by atomic mass is 10.4. The third-order valence-electron chi connectivity index (χ3n) is 1.15. The molecule has 0 unspecified atom stereocenters. The Bertz CT molecular complexity index is 223. The van der Waals surface area contributed by atoms with Gasteiger partial charge in [0.2, 0.25) is 0 Å². The zero-order valence-electron chi connectivity index (χ0n) is 8.01. The molecule has 0 saturated carbocycles. The van der Waals surface area contributed by atoms with Crippen LogP contribution in [0.25, 0.3) is 0 Å². The van der Waals surface area contributed by atoms with Crippen LogP contribution < -0.4 is 0 Å². The van der Waals surface area contributed by atoms with E-state index in [9.17, 15) is 8.78 Å². The zero-order chi connectivity index (χ0) is 10.3. The number of halogens is 2. The highest BCUT2D eigenvalue weighted by Crippen LogP contribution is 2.16. The van der Waals surface area contributed by atoms with Gasteiger partial charge in [-0.3, -0.25) is 0 Å². The number of hydrogen-bond acceptors (Lipinski definition) is 2. The van der Waals surface area contributed by atoms with E-state index in [0.717, 1.165) is 9.75 Å². The van der Waals surface area contributed by atoms with Crippen LogP contribution in [0.5, 0.6) is 0 Å². The van der Waals surface area contributed by atoms with Crippen molar-refractivity contribution in [2.75, 3.05) is 0 Å². The van der Waals surface area contributed by atoms with E-state index in [1.807, 2.05) is 26.8 Å². The molecule has 0 saturated heterocycles. The van der Waals surface area contributed by atoms with Crippen LogP contribution >= 0.6 is 11.3 Å². The standard InChI is InChI=1S/C7H8F2OS.C2H6/c1-5-2-3-6(11-5)4-10-7(8)9;1-2/h2-3,7H,4H2,1H3;1-2H3. The van der Waals surface area contributed by atoms with E-state index in [2.05, 4.69) is 4.74 Å². The molecule has 0 N–H and O–H groups in total. The van der Waals surface area contributed by atoms with Crippen LogP contribution in [-0.4, -0.2) is 6.61 Å². The maximum Gasteiger partial charge on any atom is 0.345 e. The van der Waals surface area contributed by atoms with Crippen molar-refractivity contribution in [3.63, 3.8) is 0 Å². The van der Waals surface area contributed by atoms with Gasteiger partial charge in [-0.1, -0.05) is 13.8 Å². The average Bonchev–Trinajstić information content (AvgIpc) is 2.52. The summed E-state index contributed by atoms with van der Waals surface area (Å²) in [6, 6.07) is 3.68. The van der Waals surface area contributed by atoms with Crippen molar-refractivity contribution in [2.45, 2.75) is 34.0 Å². The molecule has 0 fully saturated rings. The number of aryl methyl sites for hydroxylation is 1. The second-order valence-corrected chi connectivity index (χ2v) is 3.46. The first kappa shape index (κ1) is 12.5. The molecule has 0 aliphatic carbocycles. The van der Waals surface area contributed by atoms with Gasteiger partial charge in [-0.15, -0.1) is 11.3 Å². The number of alkyl halides is 2. The largest absolute Gasteiger partial charge is 0.345 e. The van der Waals surface area contributed by atoms with Gasteiger partial charge in [0, 0.05) is 9.75 Å². The summed E-state index contributed by atoms with van der Waals surface area (Å²) in [4.78, 5) is 1.95. The van der Waals surface area contributed by atoms with Gasteiger partial charge < -0.3 is 4.74 Å². The molecule has 0 spiro atoms. The fourth-order valence-corrected chi connectivity index (χ4v) is 1.52. The highest BCUT2D eigenvalue weighted by atomic mass is 32.1. The topological polar surface area (TPSA) is 9.23 Å². The fraction of sp³-hybridized carbons (Fsp3) is 0.556. The summed E-state index contributed by atoms with van der Waals surface area (Å²) < 4.78 is 27.1. The quantitative estimate of drug-likeness (QED) is 0.733. The van der Waals surface area contributed by atoms with Crippen molar-refractivity contribution in [3.05, 3.63) is 21.9 Å². The van der Waals surface area contributed by atoms with Crippen LogP contribution in [0.2, 0.25) is 0 Å². The molecule has 0 atom stereocenters. The van der Waals surface area contributed by atoms with Crippen LogP contribution in [-0.2, 0) is 11.3 Å². The lowest BCUT2D eigenvalue weighted by Crippen LogP contribution is -1.96. The summed E-state index contributed by atoms with van der Waals surface area (Å²) in [6.45, 7) is 3.27. The maximum absolute atomic E-state index is 11.5. The van der Waals surface area contributed by atoms with Crippen molar-refractivity contribution in [3.8, 4) is 0 Å². The van der Waals surface area contributed by atoms with Crippen LogP contribution in [0, 0.1) is 6.92 Å². The average molecular weight is 208 g/mol. The van der Waals surface area contributed by atoms with Gasteiger partial charge in [0.1, 0.15) is 0 Å². The lowest BCUT2D eigenvalue weighted by Gasteiger charge is -1.97. The number of ether oxygens (including phenoxy) is 1. The van der Waals surface area contributed by atoms with E-state index in [4.69, 9.17) is 0 Å². The van der Waals surface area contributed by atoms with Crippen molar-refractivity contribution in [1.29, 1.82) is 0 Å². The maximum atomic E-state index is 11.5. The Balaban J connectivity index is 0.000000671. The Morgan fingerprint density at radius 2 is 2.00 bits per heavy atom. The second kappa shape index (κ2) is 6.97. The Hall–Kier alpha value is -0.480. The SMILES string of the molecule is CC.Cc1ccc(COC(F)F)s1. The molecule has 1 rings (SSSR count). The molecule has 0 bridgehead atoms. The monoisotopic (exact) mass is 208 g/mol. The van der Waals surface area contributed by atoms with E-state index < -0.39 is 6.61 Å². The van der Waals surface area contributed by atoms with Crippen LogP contribution in [0.3, 0.4) is 0 Å². The first-order valence-electron chi connectivity index (χ1n) is 4.13. The molecular formula is C9H14F2OS. The number of thiophene rings is 1. The lowest BCUT2D eigenvalue weighted by molar-refractivity contribution is -0.136. The third-order valence-corrected chi connectivity index (χ3v) is 2.12. The van der Waals surface area contributed by atoms with E-state index in [1.165, 1.54) is 11.3 Å². The molecule has 0 amide bonds. The van der Waals surface area contributed by atoms with Gasteiger partial charge in [-0.05, 0) is 19.1 Å². The van der Waals surface area contributed by atoms with Crippen molar-refractivity contribution in [1.82, 2.24) is 0 Å². The highest BCUT2D eigenvalue weighted by Gasteiger charge is 2.02. The number of hydrogen-bond donors (Lipinski definition) is 0. The molecule has 1 aromatic rings. The number of rotatable bonds is 3. The molecule has 4 heteroatoms. The van der Waals surface area contributed by atoms with Crippen molar-refractivity contribution >= 4 is 11.3 Å². The summed E-state index contributed by atoms with van der Waals surface area (Å²) >= 11 is 1.47. The van der Waals surface area contributed by atoms with Crippen molar-refractivity contribution < 1.29 is 13.5 Å². The first-order valence-corrected chi connectivity index (χ1v) is 4.95. The Labute approximate surface area is 81.3 Å². The molecule has 0 aliphatic heterocycles. The predicted octanol–water partition coefficient (Wildman–Crippen LogP) is 3.82. The zero-order valence-corrected chi connectivity index (χ0v) is 8.83.